The van der Waals surface area contributed by atoms with E-state index in [1.165, 1.54) is 0 Å². The molecule has 0 unspecified atom stereocenters. The van der Waals surface area contributed by atoms with Crippen molar-refractivity contribution in [2.75, 3.05) is 0 Å². The lowest BCUT2D eigenvalue weighted by Crippen LogP contribution is -2.16. The number of rotatable bonds is 5. The Morgan fingerprint density at radius 3 is 1.05 bits per heavy atom. The maximum Gasteiger partial charge on any atom is 0.104 e. The first-order valence-corrected chi connectivity index (χ1v) is 21.7. The highest BCUT2D eigenvalue weighted by Crippen LogP contribution is 2.51. The molecule has 0 aliphatic rings. The van der Waals surface area contributed by atoms with E-state index >= 15 is 0 Å². The molecule has 0 spiro atoms. The molecular weight excluding hydrogens is 813 g/mol. The molecule has 0 radical (unpaired) electrons. The highest BCUT2D eigenvalue weighted by atomic mass is 15.1. The van der Waals surface area contributed by atoms with Crippen molar-refractivity contribution < 1.29 is 0 Å². The maximum absolute atomic E-state index is 12.4. The molecule has 10 heteroatoms. The Kier molecular flexibility index (Phi) is 7.52. The summed E-state index contributed by atoms with van der Waals surface area (Å²) in [6.07, 6.45) is 18.8. The zero-order valence-corrected chi connectivity index (χ0v) is 34.9. The Morgan fingerprint density at radius 1 is 0.303 bits per heavy atom. The third-order valence-corrected chi connectivity index (χ3v) is 13.3. The van der Waals surface area contributed by atoms with Gasteiger partial charge in [0.25, 0.3) is 0 Å². The van der Waals surface area contributed by atoms with Gasteiger partial charge in [-0.15, -0.1) is 0 Å². The van der Waals surface area contributed by atoms with Crippen LogP contribution in [0.25, 0.3) is 121 Å². The van der Waals surface area contributed by atoms with Crippen LogP contribution in [0.2, 0.25) is 0 Å². The molecule has 0 fully saturated rings. The minimum absolute atomic E-state index is 0.444. The molecule has 0 amide bonds. The van der Waals surface area contributed by atoms with Gasteiger partial charge in [-0.25, -0.2) is 0 Å². The van der Waals surface area contributed by atoms with Crippen LogP contribution in [0.5, 0.6) is 0 Å². The van der Waals surface area contributed by atoms with E-state index in [9.17, 15) is 5.26 Å². The second-order valence-electron chi connectivity index (χ2n) is 16.5. The van der Waals surface area contributed by atoms with Crippen LogP contribution in [-0.4, -0.2) is 43.2 Å². The van der Waals surface area contributed by atoms with Gasteiger partial charge < -0.3 is 18.3 Å². The van der Waals surface area contributed by atoms with Crippen molar-refractivity contribution in [2.24, 2.45) is 0 Å². The van der Waals surface area contributed by atoms with Gasteiger partial charge in [0.05, 0.1) is 91.7 Å². The predicted octanol–water partition coefficient (Wildman–Crippen LogP) is 12.6. The third-order valence-electron chi connectivity index (χ3n) is 13.3. The SMILES string of the molecule is N#Cc1c(-n2c3ccccc3c3ccncc32)c(-c2cccnc2)c(-n2c3ccccc3c3ccncc32)c(-n2c3ccccc3c3ccncc32)c1-n1c2ccccc2c2ccncc21. The fourth-order valence-electron chi connectivity index (χ4n) is 10.7. The summed E-state index contributed by atoms with van der Waals surface area (Å²) in [5.74, 6) is 0. The van der Waals surface area contributed by atoms with E-state index in [4.69, 9.17) is 24.9 Å². The van der Waals surface area contributed by atoms with Crippen molar-refractivity contribution in [3.8, 4) is 39.9 Å². The van der Waals surface area contributed by atoms with Crippen LogP contribution in [0, 0.1) is 11.3 Å². The number of nitriles is 1. The third kappa shape index (κ3) is 4.80. The average Bonchev–Trinajstić information content (AvgIpc) is 4.11. The Morgan fingerprint density at radius 2 is 0.652 bits per heavy atom. The predicted molar refractivity (Wildman–Crippen MR) is 263 cm³/mol. The number of fused-ring (bicyclic) bond motifs is 12. The molecule has 66 heavy (non-hydrogen) atoms. The van der Waals surface area contributed by atoms with Crippen molar-refractivity contribution >= 4 is 87.2 Å². The number of hydrogen-bond donors (Lipinski definition) is 0. The van der Waals surface area contributed by atoms with Crippen molar-refractivity contribution in [1.82, 2.24) is 43.2 Å². The van der Waals surface area contributed by atoms with Gasteiger partial charge >= 0.3 is 0 Å². The van der Waals surface area contributed by atoms with Crippen LogP contribution in [0.1, 0.15) is 5.56 Å². The van der Waals surface area contributed by atoms with Crippen LogP contribution in [0.4, 0.5) is 0 Å². The van der Waals surface area contributed by atoms with Gasteiger partial charge in [-0.1, -0.05) is 78.9 Å². The molecule has 0 aliphatic carbocycles. The molecule has 0 bridgehead atoms. The van der Waals surface area contributed by atoms with E-state index in [1.54, 1.807) is 6.20 Å². The molecule has 14 rings (SSSR count). The largest absolute Gasteiger partial charge is 0.306 e. The van der Waals surface area contributed by atoms with E-state index in [1.807, 2.05) is 61.8 Å². The molecule has 0 saturated carbocycles. The van der Waals surface area contributed by atoms with Crippen LogP contribution in [0.15, 0.2) is 195 Å². The summed E-state index contributed by atoms with van der Waals surface area (Å²) in [5.41, 5.74) is 12.3. The average molecular weight is 845 g/mol. The Hall–Kier alpha value is -9.46. The van der Waals surface area contributed by atoms with Crippen LogP contribution in [0.3, 0.4) is 0 Å². The lowest BCUT2D eigenvalue weighted by Gasteiger charge is -2.29. The number of aromatic nitrogens is 9. The second kappa shape index (κ2) is 13.8. The quantitative estimate of drug-likeness (QED) is 0.171. The van der Waals surface area contributed by atoms with Gasteiger partial charge in [-0.3, -0.25) is 24.9 Å². The second-order valence-corrected chi connectivity index (χ2v) is 16.5. The molecule has 0 atom stereocenters. The first-order chi connectivity index (χ1) is 32.8. The number of benzene rings is 5. The van der Waals surface area contributed by atoms with Crippen molar-refractivity contribution in [3.05, 3.63) is 201 Å². The Bertz CT molecular complexity index is 4160. The molecule has 0 N–H and O–H groups in total. The summed E-state index contributed by atoms with van der Waals surface area (Å²) in [5, 5.41) is 20.7. The molecular formula is C56H32N10. The van der Waals surface area contributed by atoms with E-state index in [0.717, 1.165) is 110 Å². The smallest absolute Gasteiger partial charge is 0.104 e. The summed E-state index contributed by atoms with van der Waals surface area (Å²) in [6, 6.07) is 49.0. The first-order valence-electron chi connectivity index (χ1n) is 21.7. The number of nitrogens with zero attached hydrogens (tertiary/aromatic N) is 10. The van der Waals surface area contributed by atoms with Crippen molar-refractivity contribution in [1.29, 1.82) is 5.26 Å². The van der Waals surface area contributed by atoms with Crippen LogP contribution in [-0.2, 0) is 0 Å². The van der Waals surface area contributed by atoms with Gasteiger partial charge in [0.1, 0.15) is 11.6 Å². The van der Waals surface area contributed by atoms with Crippen LogP contribution >= 0.6 is 0 Å². The fraction of sp³-hybridized carbons (Fsp3) is 0. The van der Waals surface area contributed by atoms with Gasteiger partial charge in [0.15, 0.2) is 0 Å². The topological polar surface area (TPSA) is 108 Å². The molecule has 9 heterocycles. The Balaban J connectivity index is 1.37. The summed E-state index contributed by atoms with van der Waals surface area (Å²) < 4.78 is 9.15. The van der Waals surface area contributed by atoms with Gasteiger partial charge in [0, 0.05) is 91.4 Å². The monoisotopic (exact) mass is 844 g/mol. The van der Waals surface area contributed by atoms with Crippen molar-refractivity contribution in [3.63, 3.8) is 0 Å². The minimum Gasteiger partial charge on any atom is -0.306 e. The highest BCUT2D eigenvalue weighted by Gasteiger charge is 2.35. The highest BCUT2D eigenvalue weighted by molar-refractivity contribution is 6.16. The maximum atomic E-state index is 12.4. The molecule has 10 nitrogen and oxygen atoms in total. The molecule has 5 aromatic carbocycles. The standard InChI is InChI=1S/C56H32N10/c57-28-43-53(63-44-15-5-1-11-35(44)39-19-24-59-30-48(39)63)52(34-10-9-23-58-29-34)55(65-46-17-7-3-13-37(46)41-21-26-61-32-50(41)65)56(66-47-18-8-4-14-38(47)42-22-27-62-33-51(42)66)54(43)64-45-16-6-2-12-36(45)40-20-25-60-31-49(40)64/h1-27,29-33H. The number of pyridine rings is 5. The summed E-state index contributed by atoms with van der Waals surface area (Å²) in [7, 11) is 0. The Labute approximate surface area is 375 Å². The van der Waals surface area contributed by atoms with Gasteiger partial charge in [-0.2, -0.15) is 5.26 Å². The van der Waals surface area contributed by atoms with E-state index in [2.05, 4.69) is 152 Å². The molecule has 0 saturated heterocycles. The molecule has 14 aromatic rings. The lowest BCUT2D eigenvalue weighted by molar-refractivity contribution is 1.02. The molecule has 9 aromatic heterocycles. The van der Waals surface area contributed by atoms with E-state index < -0.39 is 0 Å². The summed E-state index contributed by atoms with van der Waals surface area (Å²) >= 11 is 0. The number of hydrogen-bond acceptors (Lipinski definition) is 6. The van der Waals surface area contributed by atoms with Gasteiger partial charge in [0.2, 0.25) is 0 Å². The lowest BCUT2D eigenvalue weighted by atomic mass is 9.94. The first kappa shape index (κ1) is 36.1. The summed E-state index contributed by atoms with van der Waals surface area (Å²) in [6.45, 7) is 0. The van der Waals surface area contributed by atoms with Crippen molar-refractivity contribution in [2.45, 2.75) is 0 Å². The summed E-state index contributed by atoms with van der Waals surface area (Å²) in [4.78, 5) is 23.9. The zero-order chi connectivity index (χ0) is 43.5. The minimum atomic E-state index is 0.444. The van der Waals surface area contributed by atoms with E-state index in [-0.39, 0.29) is 0 Å². The van der Waals surface area contributed by atoms with Crippen LogP contribution < -0.4 is 0 Å². The fourth-order valence-corrected chi connectivity index (χ4v) is 10.7. The zero-order valence-electron chi connectivity index (χ0n) is 34.9. The number of para-hydroxylation sites is 4. The van der Waals surface area contributed by atoms with Gasteiger partial charge in [-0.05, 0) is 54.6 Å². The molecule has 0 aliphatic heterocycles. The normalized spacial score (nSPS) is 11.9. The molecule has 306 valence electrons. The van der Waals surface area contributed by atoms with E-state index in [0.29, 0.717) is 16.9 Å².